The summed E-state index contributed by atoms with van der Waals surface area (Å²) in [4.78, 5) is 25.1. The van der Waals surface area contributed by atoms with Gasteiger partial charge in [0.1, 0.15) is 23.9 Å². The van der Waals surface area contributed by atoms with E-state index in [-0.39, 0.29) is 6.23 Å². The molecule has 15 heteroatoms. The number of morpholine rings is 1. The monoisotopic (exact) mass is 822 g/mol. The number of ether oxygens (including phenoxy) is 4. The van der Waals surface area contributed by atoms with Crippen LogP contribution in [-0.4, -0.2) is 86.5 Å². The van der Waals surface area contributed by atoms with Crippen LogP contribution in [0.1, 0.15) is 50.9 Å². The molecule has 2 aliphatic heterocycles. The molecule has 5 heterocycles. The number of nitrogens with zero attached hydrogens (tertiary/aromatic N) is 7. The zero-order valence-electron chi connectivity index (χ0n) is 34.3. The van der Waals surface area contributed by atoms with E-state index >= 15 is 0 Å². The molecule has 4 aromatic carbocycles. The zero-order valence-corrected chi connectivity index (χ0v) is 34.3. The van der Waals surface area contributed by atoms with Crippen molar-refractivity contribution in [2.45, 2.75) is 51.7 Å². The van der Waals surface area contributed by atoms with E-state index in [1.54, 1.807) is 16.9 Å². The molecule has 0 spiro atoms. The van der Waals surface area contributed by atoms with Crippen molar-refractivity contribution in [2.75, 3.05) is 62.0 Å². The van der Waals surface area contributed by atoms with E-state index in [4.69, 9.17) is 24.0 Å². The van der Waals surface area contributed by atoms with Crippen LogP contribution in [0.4, 0.5) is 27.9 Å². The molecule has 2 amide bonds. The standard InChI is InChI=1S/C46H50N10O5/c1-2-3-8-34-30-42(55(53-34)35-13-15-36(16-14-35)59-28-24-54-22-26-58-27-23-54)51-46(57)50-39-17-19-41(38-10-5-4-9-37(38)39)61-43-20-21-47-45(52-43)49-33-12-18-40-32(29-33)31-48-56(40)44-11-6-7-25-60-44/h4-5,9-10,12-21,29-31,44H,2-3,6-8,11,22-28H2,1H3,(H,47,49,52)(H2,50,51,57). The van der Waals surface area contributed by atoms with E-state index in [9.17, 15) is 4.79 Å². The Labute approximate surface area is 354 Å². The molecule has 0 aliphatic carbocycles. The minimum Gasteiger partial charge on any atom is -0.492 e. The molecule has 9 rings (SSSR count). The third-order valence-electron chi connectivity index (χ3n) is 10.9. The molecule has 2 saturated heterocycles. The summed E-state index contributed by atoms with van der Waals surface area (Å²) in [5, 5.41) is 21.5. The molecular weight excluding hydrogens is 773 g/mol. The third-order valence-corrected chi connectivity index (χ3v) is 10.9. The van der Waals surface area contributed by atoms with Gasteiger partial charge in [0.15, 0.2) is 6.23 Å². The summed E-state index contributed by atoms with van der Waals surface area (Å²) in [6, 6.07) is 28.5. The Balaban J connectivity index is 0.867. The van der Waals surface area contributed by atoms with Gasteiger partial charge < -0.3 is 29.6 Å². The quantitative estimate of drug-likeness (QED) is 0.0907. The first kappa shape index (κ1) is 39.9. The van der Waals surface area contributed by atoms with Crippen molar-refractivity contribution in [1.29, 1.82) is 0 Å². The van der Waals surface area contributed by atoms with Gasteiger partial charge in [-0.05, 0) is 86.7 Å². The highest BCUT2D eigenvalue weighted by Crippen LogP contribution is 2.35. The highest BCUT2D eigenvalue weighted by molar-refractivity contribution is 6.07. The Hall–Kier alpha value is -6.55. The first-order chi connectivity index (χ1) is 30.1. The number of aromatic nitrogens is 6. The van der Waals surface area contributed by atoms with Crippen molar-refractivity contribution in [3.05, 3.63) is 109 Å². The summed E-state index contributed by atoms with van der Waals surface area (Å²) in [5.41, 5.74) is 4.17. The molecule has 3 aromatic heterocycles. The number of nitrogens with one attached hydrogen (secondary N) is 3. The van der Waals surface area contributed by atoms with Gasteiger partial charge >= 0.3 is 6.03 Å². The Morgan fingerprint density at radius 2 is 1.79 bits per heavy atom. The summed E-state index contributed by atoms with van der Waals surface area (Å²) in [5.74, 6) is 2.68. The predicted molar refractivity (Wildman–Crippen MR) is 235 cm³/mol. The third kappa shape index (κ3) is 9.59. The summed E-state index contributed by atoms with van der Waals surface area (Å²) in [6.45, 7) is 7.74. The fraction of sp³-hybridized carbons (Fsp3) is 0.326. The molecule has 0 bridgehead atoms. The van der Waals surface area contributed by atoms with Crippen molar-refractivity contribution in [1.82, 2.24) is 34.4 Å². The Kier molecular flexibility index (Phi) is 12.3. The number of hydrogen-bond donors (Lipinski definition) is 3. The molecule has 0 radical (unpaired) electrons. The minimum atomic E-state index is -0.399. The van der Waals surface area contributed by atoms with Crippen LogP contribution in [0, 0.1) is 0 Å². The van der Waals surface area contributed by atoms with E-state index < -0.39 is 6.03 Å². The van der Waals surface area contributed by atoms with Crippen LogP contribution in [0.25, 0.3) is 27.4 Å². The molecule has 3 N–H and O–H groups in total. The van der Waals surface area contributed by atoms with Gasteiger partial charge in [-0.25, -0.2) is 19.1 Å². The number of amides is 2. The number of benzene rings is 4. The second kappa shape index (κ2) is 18.8. The molecular formula is C46H50N10O5. The lowest BCUT2D eigenvalue weighted by Crippen LogP contribution is -2.38. The number of carbonyl (C=O) groups excluding carboxylic acids is 1. The lowest BCUT2D eigenvalue weighted by molar-refractivity contribution is -0.0366. The summed E-state index contributed by atoms with van der Waals surface area (Å²) < 4.78 is 27.5. The Morgan fingerprint density at radius 1 is 0.918 bits per heavy atom. The number of carbonyl (C=O) groups is 1. The summed E-state index contributed by atoms with van der Waals surface area (Å²) >= 11 is 0. The highest BCUT2D eigenvalue weighted by atomic mass is 16.5. The Morgan fingerprint density at radius 3 is 2.62 bits per heavy atom. The van der Waals surface area contributed by atoms with Crippen LogP contribution in [0.3, 0.4) is 0 Å². The smallest absolute Gasteiger partial charge is 0.324 e. The van der Waals surface area contributed by atoms with Gasteiger partial charge in [-0.15, -0.1) is 0 Å². The molecule has 15 nitrogen and oxygen atoms in total. The van der Waals surface area contributed by atoms with Crippen LogP contribution in [0.15, 0.2) is 103 Å². The van der Waals surface area contributed by atoms with Gasteiger partial charge in [0, 0.05) is 66.4 Å². The van der Waals surface area contributed by atoms with Gasteiger partial charge in [0.05, 0.1) is 42.0 Å². The second-order valence-electron chi connectivity index (χ2n) is 15.2. The van der Waals surface area contributed by atoms with Crippen molar-refractivity contribution >= 4 is 50.8 Å². The maximum Gasteiger partial charge on any atom is 0.324 e. The molecule has 1 atom stereocenters. The highest BCUT2D eigenvalue weighted by Gasteiger charge is 2.20. The lowest BCUT2D eigenvalue weighted by Gasteiger charge is -2.26. The summed E-state index contributed by atoms with van der Waals surface area (Å²) in [7, 11) is 0. The molecule has 1 unspecified atom stereocenters. The van der Waals surface area contributed by atoms with Gasteiger partial charge in [-0.1, -0.05) is 37.6 Å². The van der Waals surface area contributed by atoms with E-state index in [1.165, 1.54) is 0 Å². The van der Waals surface area contributed by atoms with Gasteiger partial charge in [0.25, 0.3) is 0 Å². The second-order valence-corrected chi connectivity index (χ2v) is 15.2. The minimum absolute atomic E-state index is 0.0355. The molecule has 61 heavy (non-hydrogen) atoms. The largest absolute Gasteiger partial charge is 0.492 e. The van der Waals surface area contributed by atoms with Crippen LogP contribution < -0.4 is 25.4 Å². The molecule has 314 valence electrons. The number of unbranched alkanes of at least 4 members (excludes halogenated alkanes) is 1. The first-order valence-electron chi connectivity index (χ1n) is 21.1. The van der Waals surface area contributed by atoms with E-state index in [2.05, 4.69) is 42.8 Å². The lowest BCUT2D eigenvalue weighted by atomic mass is 10.1. The number of hydrogen-bond acceptors (Lipinski definition) is 11. The molecule has 0 saturated carbocycles. The fourth-order valence-electron chi connectivity index (χ4n) is 7.71. The number of urea groups is 1. The van der Waals surface area contributed by atoms with Crippen molar-refractivity contribution in [3.8, 4) is 23.1 Å². The van der Waals surface area contributed by atoms with Crippen LogP contribution in [0.2, 0.25) is 0 Å². The van der Waals surface area contributed by atoms with Crippen molar-refractivity contribution in [3.63, 3.8) is 0 Å². The molecule has 2 aliphatic rings. The number of aryl methyl sites for hydroxylation is 1. The SMILES string of the molecule is CCCCc1cc(NC(=O)Nc2ccc(Oc3ccnc(Nc4ccc5c(cnn5C5CCCCO5)c4)n3)c3ccccc23)n(-c2ccc(OCCN3CCOCC3)cc2)n1. The first-order valence-corrected chi connectivity index (χ1v) is 21.1. The number of anilines is 4. The molecule has 2 fully saturated rings. The van der Waals surface area contributed by atoms with E-state index in [0.29, 0.717) is 35.7 Å². The van der Waals surface area contributed by atoms with E-state index in [1.807, 2.05) is 95.8 Å². The predicted octanol–water partition coefficient (Wildman–Crippen LogP) is 9.10. The van der Waals surface area contributed by atoms with E-state index in [0.717, 1.165) is 122 Å². The topological polar surface area (TPSA) is 155 Å². The fourth-order valence-corrected chi connectivity index (χ4v) is 7.71. The van der Waals surface area contributed by atoms with Crippen LogP contribution >= 0.6 is 0 Å². The zero-order chi connectivity index (χ0) is 41.4. The summed E-state index contributed by atoms with van der Waals surface area (Å²) in [6.07, 6.45) is 9.48. The Bertz CT molecular complexity index is 2580. The molecule has 7 aromatic rings. The van der Waals surface area contributed by atoms with Gasteiger partial charge in [-0.3, -0.25) is 10.2 Å². The van der Waals surface area contributed by atoms with Crippen LogP contribution in [-0.2, 0) is 15.9 Å². The van der Waals surface area contributed by atoms with Crippen LogP contribution in [0.5, 0.6) is 17.4 Å². The number of fused-ring (bicyclic) bond motifs is 2. The normalized spacial score (nSPS) is 15.8. The maximum absolute atomic E-state index is 13.7. The average molecular weight is 823 g/mol. The average Bonchev–Trinajstić information content (AvgIpc) is 3.91. The van der Waals surface area contributed by atoms with Crippen molar-refractivity contribution in [2.24, 2.45) is 0 Å². The van der Waals surface area contributed by atoms with Gasteiger partial charge in [-0.2, -0.15) is 15.2 Å². The maximum atomic E-state index is 13.7. The number of rotatable bonds is 15. The van der Waals surface area contributed by atoms with Crippen molar-refractivity contribution < 1.29 is 23.7 Å². The van der Waals surface area contributed by atoms with Gasteiger partial charge in [0.2, 0.25) is 11.8 Å².